The Balaban J connectivity index is 1.18. The quantitative estimate of drug-likeness (QED) is 0.0861. The van der Waals surface area contributed by atoms with E-state index in [2.05, 4.69) is 35.0 Å². The second-order valence-electron chi connectivity index (χ2n) is 13.3. The van der Waals surface area contributed by atoms with Gasteiger partial charge in [0.1, 0.15) is 0 Å². The largest absolute Gasteiger partial charge is 0.439 e. The Morgan fingerprint density at radius 1 is 0.800 bits per heavy atom. The Morgan fingerprint density at radius 2 is 1.42 bits per heavy atom. The summed E-state index contributed by atoms with van der Waals surface area (Å²) in [5, 5.41) is 6.54. The highest BCUT2D eigenvalue weighted by Gasteiger charge is 2.29. The predicted octanol–water partition coefficient (Wildman–Crippen LogP) is 9.57. The summed E-state index contributed by atoms with van der Waals surface area (Å²) in [5.41, 5.74) is 7.18. The van der Waals surface area contributed by atoms with E-state index in [1.54, 1.807) is 22.7 Å². The summed E-state index contributed by atoms with van der Waals surface area (Å²) in [6.07, 6.45) is 4.68. The van der Waals surface area contributed by atoms with Crippen LogP contribution in [0.5, 0.6) is 5.75 Å². The minimum absolute atomic E-state index is 0.162. The van der Waals surface area contributed by atoms with E-state index >= 15 is 0 Å². The number of oxazole rings is 1. The molecule has 1 aliphatic rings. The topological polar surface area (TPSA) is 138 Å². The molecule has 0 spiro atoms. The first-order valence-corrected chi connectivity index (χ1v) is 22.7. The molecular weight excluding hydrogens is 777 g/mol. The van der Waals surface area contributed by atoms with E-state index in [1.807, 2.05) is 89.2 Å². The van der Waals surface area contributed by atoms with Crippen LogP contribution in [-0.4, -0.2) is 44.0 Å². The number of hydrogen-bond acceptors (Lipinski definition) is 9. The van der Waals surface area contributed by atoms with Gasteiger partial charge in [0.15, 0.2) is 12.3 Å². The van der Waals surface area contributed by atoms with Gasteiger partial charge in [-0.15, -0.1) is 22.7 Å². The molecular formula is C41H37N2O8S4+. The maximum Gasteiger partial charge on any atom is 0.374 e. The standard InChI is InChI=1S/C41H36N2O8S4/c1-2-27(21-40-42(17-7-19-54(44,45)46)34-23-28(13-15-36(34)50-40)32-25-52-38-11-5-3-9-30(32)38)22-41-43(18-8-20-55(47,48)49)35-24-29(14-16-37(35)51-41)33-26-53-39-12-6-4-10-31(33)39/h3-6,9-16,21-26H,2,7-8,17-20H2,1H3,(H-,44,45,46,47,48,49)/p+1. The lowest BCUT2D eigenvalue weighted by molar-refractivity contribution is -0.677. The summed E-state index contributed by atoms with van der Waals surface area (Å²) in [6, 6.07) is 28.4. The number of aryl methyl sites for hydroxylation is 1. The fourth-order valence-electron chi connectivity index (χ4n) is 6.99. The molecule has 0 atom stereocenters. The average Bonchev–Trinajstić information content (AvgIpc) is 3.93. The van der Waals surface area contributed by atoms with Gasteiger partial charge in [-0.05, 0) is 70.6 Å². The van der Waals surface area contributed by atoms with Crippen LogP contribution in [0.25, 0.3) is 59.6 Å². The highest BCUT2D eigenvalue weighted by atomic mass is 32.2. The monoisotopic (exact) mass is 813 g/mol. The van der Waals surface area contributed by atoms with Crippen molar-refractivity contribution in [2.75, 3.05) is 23.0 Å². The zero-order valence-electron chi connectivity index (χ0n) is 29.7. The van der Waals surface area contributed by atoms with Gasteiger partial charge in [0.05, 0.1) is 23.3 Å². The first kappa shape index (κ1) is 37.1. The average molecular weight is 814 g/mol. The summed E-state index contributed by atoms with van der Waals surface area (Å²) in [7, 11) is -8.35. The lowest BCUT2D eigenvalue weighted by Crippen LogP contribution is -2.36. The first-order chi connectivity index (χ1) is 26.4. The van der Waals surface area contributed by atoms with Crippen molar-refractivity contribution in [2.24, 2.45) is 0 Å². The highest BCUT2D eigenvalue weighted by Crippen LogP contribution is 2.44. The molecule has 4 heterocycles. The number of benzene rings is 4. The van der Waals surface area contributed by atoms with Crippen LogP contribution in [0.15, 0.2) is 118 Å². The van der Waals surface area contributed by atoms with Gasteiger partial charge in [0.2, 0.25) is 11.5 Å². The van der Waals surface area contributed by atoms with E-state index < -0.39 is 31.7 Å². The van der Waals surface area contributed by atoms with Gasteiger partial charge < -0.3 is 14.1 Å². The van der Waals surface area contributed by atoms with Crippen LogP contribution in [0.3, 0.4) is 0 Å². The van der Waals surface area contributed by atoms with Gasteiger partial charge in [0.25, 0.3) is 25.8 Å². The molecule has 3 aromatic heterocycles. The fraction of sp³-hybridized carbons (Fsp3) is 0.195. The van der Waals surface area contributed by atoms with E-state index in [-0.39, 0.29) is 25.9 Å². The van der Waals surface area contributed by atoms with Crippen LogP contribution in [0.4, 0.5) is 5.69 Å². The van der Waals surface area contributed by atoms with Crippen LogP contribution >= 0.6 is 22.7 Å². The third-order valence-corrected chi connectivity index (χ3v) is 13.2. The van der Waals surface area contributed by atoms with E-state index in [0.29, 0.717) is 29.5 Å². The van der Waals surface area contributed by atoms with Gasteiger partial charge in [-0.1, -0.05) is 55.5 Å². The minimum atomic E-state index is -4.18. The van der Waals surface area contributed by atoms with Crippen molar-refractivity contribution in [3.63, 3.8) is 0 Å². The number of aromatic nitrogens is 1. The molecule has 0 fully saturated rings. The number of anilines is 1. The maximum absolute atomic E-state index is 11.7. The van der Waals surface area contributed by atoms with E-state index in [4.69, 9.17) is 9.15 Å². The molecule has 0 saturated carbocycles. The predicted molar refractivity (Wildman–Crippen MR) is 221 cm³/mol. The Hall–Kier alpha value is -4.83. The minimum Gasteiger partial charge on any atom is -0.439 e. The lowest BCUT2D eigenvalue weighted by Gasteiger charge is -2.19. The molecule has 10 nitrogen and oxygen atoms in total. The molecule has 7 aromatic rings. The van der Waals surface area contributed by atoms with Crippen LogP contribution in [0.1, 0.15) is 32.1 Å². The molecule has 14 heteroatoms. The number of nitrogens with zero attached hydrogens (tertiary/aromatic N) is 2. The van der Waals surface area contributed by atoms with Crippen molar-refractivity contribution in [3.8, 4) is 28.0 Å². The molecule has 4 aromatic carbocycles. The van der Waals surface area contributed by atoms with Crippen LogP contribution in [0.2, 0.25) is 0 Å². The third-order valence-electron chi connectivity index (χ3n) is 9.64. The Morgan fingerprint density at radius 3 is 2.07 bits per heavy atom. The fourth-order valence-corrected chi connectivity index (χ4v) is 9.92. The molecule has 0 bridgehead atoms. The molecule has 0 radical (unpaired) electrons. The van der Waals surface area contributed by atoms with Gasteiger partial charge in [0, 0.05) is 56.4 Å². The Bertz CT molecular complexity index is 2870. The van der Waals surface area contributed by atoms with Gasteiger partial charge in [-0.2, -0.15) is 21.4 Å². The highest BCUT2D eigenvalue weighted by molar-refractivity contribution is 7.86. The van der Waals surface area contributed by atoms with Crippen molar-refractivity contribution in [2.45, 2.75) is 32.7 Å². The number of ether oxygens (including phenoxy) is 1. The summed E-state index contributed by atoms with van der Waals surface area (Å²) in [4.78, 5) is 1.93. The van der Waals surface area contributed by atoms with Crippen molar-refractivity contribution in [1.29, 1.82) is 0 Å². The van der Waals surface area contributed by atoms with Crippen molar-refractivity contribution in [1.82, 2.24) is 0 Å². The number of allylic oxidation sites excluding steroid dienone is 2. The normalized spacial score (nSPS) is 14.4. The van der Waals surface area contributed by atoms with Gasteiger partial charge in [-0.25, -0.2) is 0 Å². The summed E-state index contributed by atoms with van der Waals surface area (Å²) in [6.45, 7) is 2.53. The van der Waals surface area contributed by atoms with Gasteiger partial charge in [-0.3, -0.25) is 9.11 Å². The number of rotatable bonds is 13. The smallest absolute Gasteiger partial charge is 0.374 e. The molecule has 2 N–H and O–H groups in total. The number of hydrogen-bond donors (Lipinski definition) is 2. The maximum atomic E-state index is 11.7. The number of thiophene rings is 2. The van der Waals surface area contributed by atoms with Crippen LogP contribution in [0, 0.1) is 0 Å². The zero-order chi connectivity index (χ0) is 38.3. The second-order valence-corrected chi connectivity index (χ2v) is 18.3. The molecule has 8 rings (SSSR count). The van der Waals surface area contributed by atoms with E-state index in [0.717, 1.165) is 49.8 Å². The molecule has 282 valence electrons. The molecule has 0 saturated heterocycles. The van der Waals surface area contributed by atoms with E-state index in [9.17, 15) is 25.9 Å². The van der Waals surface area contributed by atoms with Crippen LogP contribution in [-0.2, 0) is 26.8 Å². The molecule has 0 aliphatic carbocycles. The number of fused-ring (bicyclic) bond motifs is 4. The lowest BCUT2D eigenvalue weighted by atomic mass is 10.0. The van der Waals surface area contributed by atoms with Crippen molar-refractivity contribution < 1.29 is 39.7 Å². The first-order valence-electron chi connectivity index (χ1n) is 17.8. The van der Waals surface area contributed by atoms with E-state index in [1.165, 1.54) is 9.40 Å². The SMILES string of the molecule is CCC(/C=C1\Oc2ccc(-c3csc4ccccc34)cc2N1CCCS(=O)(=O)O)=C\c1oc2ccc(-c3csc4ccccc34)cc2[n+]1CCCS(=O)(=O)O. The molecule has 0 unspecified atom stereocenters. The second kappa shape index (κ2) is 15.0. The summed E-state index contributed by atoms with van der Waals surface area (Å²) in [5.74, 6) is 0.805. The molecule has 1 aliphatic heterocycles. The van der Waals surface area contributed by atoms with Crippen molar-refractivity contribution >= 4 is 85.9 Å². The zero-order valence-corrected chi connectivity index (χ0v) is 33.0. The summed E-state index contributed by atoms with van der Waals surface area (Å²) >= 11 is 3.34. The van der Waals surface area contributed by atoms with Crippen molar-refractivity contribution in [3.05, 3.63) is 119 Å². The Kier molecular flexibility index (Phi) is 10.1. The summed E-state index contributed by atoms with van der Waals surface area (Å²) < 4.78 is 83.0. The third kappa shape index (κ3) is 7.97. The van der Waals surface area contributed by atoms with Gasteiger partial charge >= 0.3 is 5.89 Å². The van der Waals surface area contributed by atoms with Crippen LogP contribution < -0.4 is 14.2 Å². The Labute approximate surface area is 326 Å². The molecule has 55 heavy (non-hydrogen) atoms. The molecule has 0 amide bonds.